The number of nitrogens with zero attached hydrogens (tertiary/aromatic N) is 4. The summed E-state index contributed by atoms with van der Waals surface area (Å²) >= 11 is 0. The summed E-state index contributed by atoms with van der Waals surface area (Å²) in [5.41, 5.74) is 2.11. The first-order chi connectivity index (χ1) is 21.7. The zero-order valence-corrected chi connectivity index (χ0v) is 26.3. The number of ether oxygens (including phenoxy) is 1. The number of hydrogen-bond donors (Lipinski definition) is 2. The van der Waals surface area contributed by atoms with Gasteiger partial charge in [-0.2, -0.15) is 13.2 Å². The van der Waals surface area contributed by atoms with Crippen LogP contribution in [0.25, 0.3) is 22.6 Å². The first kappa shape index (κ1) is 34.1. The maximum absolute atomic E-state index is 13.3. The lowest BCUT2D eigenvalue weighted by molar-refractivity contribution is -0.137. The number of rotatable bonds is 18. The van der Waals surface area contributed by atoms with Crippen molar-refractivity contribution in [3.05, 3.63) is 58.9 Å². The molecule has 0 aliphatic rings. The molecule has 1 aromatic carbocycles. The molecule has 0 bridgehead atoms. The van der Waals surface area contributed by atoms with E-state index in [1.54, 1.807) is 13.0 Å². The van der Waals surface area contributed by atoms with Gasteiger partial charge in [0.2, 0.25) is 0 Å². The molecule has 0 aliphatic heterocycles. The molecular formula is C33H43F3N6O3. The number of H-pyrrole nitrogens is 1. The van der Waals surface area contributed by atoms with Crippen LogP contribution in [0.2, 0.25) is 0 Å². The van der Waals surface area contributed by atoms with Gasteiger partial charge in [0.15, 0.2) is 11.6 Å². The number of amides is 1. The van der Waals surface area contributed by atoms with Crippen molar-refractivity contribution in [3.63, 3.8) is 0 Å². The second-order valence-corrected chi connectivity index (χ2v) is 11.5. The van der Waals surface area contributed by atoms with Gasteiger partial charge in [0.05, 0.1) is 22.6 Å². The predicted octanol–water partition coefficient (Wildman–Crippen LogP) is 8.31. The van der Waals surface area contributed by atoms with Crippen molar-refractivity contribution in [1.82, 2.24) is 30.4 Å². The van der Waals surface area contributed by atoms with E-state index in [2.05, 4.69) is 37.3 Å². The third kappa shape index (κ3) is 9.84. The van der Waals surface area contributed by atoms with Gasteiger partial charge >= 0.3 is 6.18 Å². The minimum absolute atomic E-state index is 0.233. The maximum Gasteiger partial charge on any atom is 0.416 e. The topological polar surface area (TPSA) is 119 Å². The van der Waals surface area contributed by atoms with Crippen molar-refractivity contribution in [2.24, 2.45) is 0 Å². The van der Waals surface area contributed by atoms with Gasteiger partial charge in [-0.1, -0.05) is 57.0 Å². The summed E-state index contributed by atoms with van der Waals surface area (Å²) < 4.78 is 50.2. The van der Waals surface area contributed by atoms with Crippen LogP contribution in [0.1, 0.15) is 117 Å². The van der Waals surface area contributed by atoms with E-state index in [1.165, 1.54) is 44.5 Å². The summed E-state index contributed by atoms with van der Waals surface area (Å²) in [5, 5.41) is 6.93. The highest BCUT2D eigenvalue weighted by molar-refractivity contribution is 5.94. The molecule has 0 saturated heterocycles. The van der Waals surface area contributed by atoms with Crippen molar-refractivity contribution in [1.29, 1.82) is 0 Å². The molecule has 0 spiro atoms. The molecule has 0 saturated carbocycles. The van der Waals surface area contributed by atoms with E-state index >= 15 is 0 Å². The van der Waals surface area contributed by atoms with Crippen molar-refractivity contribution < 1.29 is 27.2 Å². The molecule has 0 radical (unpaired) electrons. The average Bonchev–Trinajstić information content (AvgIpc) is 3.67. The van der Waals surface area contributed by atoms with Crippen LogP contribution in [0.5, 0.6) is 0 Å². The number of alkyl halides is 3. The molecular weight excluding hydrogens is 585 g/mol. The highest BCUT2D eigenvalue weighted by Gasteiger charge is 2.31. The largest absolute Gasteiger partial charge is 0.416 e. The van der Waals surface area contributed by atoms with E-state index in [0.29, 0.717) is 22.7 Å². The SMILES string of the molecule is CCCOCCCCCCCCCCCc1c(C)ncnc1C(=O)N[C@H](C)c1cc(-c2nc3ccc(C(F)(F)F)cc3[nH]2)no1. The molecule has 0 aliphatic carbocycles. The number of fused-ring (bicyclic) bond motifs is 1. The van der Waals surface area contributed by atoms with Gasteiger partial charge in [0.25, 0.3) is 5.91 Å². The first-order valence-electron chi connectivity index (χ1n) is 15.9. The number of aromatic nitrogens is 5. The van der Waals surface area contributed by atoms with Crippen LogP contribution in [0.15, 0.2) is 35.1 Å². The lowest BCUT2D eigenvalue weighted by atomic mass is 10.0. The average molecular weight is 629 g/mol. The van der Waals surface area contributed by atoms with Crippen molar-refractivity contribution in [2.45, 2.75) is 104 Å². The number of imidazole rings is 1. The van der Waals surface area contributed by atoms with E-state index in [0.717, 1.165) is 75.1 Å². The first-order valence-corrected chi connectivity index (χ1v) is 15.9. The molecule has 3 heterocycles. The molecule has 2 N–H and O–H groups in total. The van der Waals surface area contributed by atoms with E-state index in [1.807, 2.05) is 6.92 Å². The summed E-state index contributed by atoms with van der Waals surface area (Å²) in [6.07, 6.45) is 9.27. The third-order valence-corrected chi connectivity index (χ3v) is 7.79. The Morgan fingerprint density at radius 3 is 2.42 bits per heavy atom. The van der Waals surface area contributed by atoms with Gasteiger partial charge in [-0.25, -0.2) is 15.0 Å². The zero-order valence-electron chi connectivity index (χ0n) is 26.3. The monoisotopic (exact) mass is 628 g/mol. The fraction of sp³-hybridized carbons (Fsp3) is 0.545. The fourth-order valence-corrected chi connectivity index (χ4v) is 5.23. The van der Waals surface area contributed by atoms with Crippen molar-refractivity contribution in [2.75, 3.05) is 13.2 Å². The number of carbonyl (C=O) groups excluding carboxylic acids is 1. The molecule has 4 rings (SSSR count). The molecule has 9 nitrogen and oxygen atoms in total. The van der Waals surface area contributed by atoms with Crippen LogP contribution >= 0.6 is 0 Å². The Morgan fingerprint density at radius 2 is 1.71 bits per heavy atom. The Balaban J connectivity index is 1.25. The highest BCUT2D eigenvalue weighted by atomic mass is 19.4. The van der Waals surface area contributed by atoms with E-state index in [9.17, 15) is 18.0 Å². The number of aromatic amines is 1. The Hall–Kier alpha value is -3.80. The van der Waals surface area contributed by atoms with Crippen LogP contribution in [-0.2, 0) is 17.3 Å². The summed E-state index contributed by atoms with van der Waals surface area (Å²) in [6, 6.07) is 4.34. The minimum Gasteiger partial charge on any atom is -0.381 e. The Bertz CT molecular complexity index is 1520. The van der Waals surface area contributed by atoms with Crippen LogP contribution in [-0.4, -0.2) is 44.2 Å². The van der Waals surface area contributed by atoms with Gasteiger partial charge in [0.1, 0.15) is 17.7 Å². The van der Waals surface area contributed by atoms with E-state index < -0.39 is 17.8 Å². The van der Waals surface area contributed by atoms with Crippen molar-refractivity contribution in [3.8, 4) is 11.5 Å². The molecule has 3 aromatic heterocycles. The van der Waals surface area contributed by atoms with Gasteiger partial charge in [-0.05, 0) is 57.7 Å². The van der Waals surface area contributed by atoms with E-state index in [-0.39, 0.29) is 17.2 Å². The standard InChI is InChI=1S/C33H43F3N6O3/c1-4-17-44-18-13-11-9-7-5-6-8-10-12-14-25-22(2)37-21-38-30(25)32(43)39-23(3)29-20-28(42-45-29)31-40-26-16-15-24(33(34,35)36)19-27(26)41-31/h15-16,19-21,23H,4-14,17-18H2,1-3H3,(H,39,43)(H,40,41)/t23-/m1/s1. The zero-order chi connectivity index (χ0) is 32.2. The Kier molecular flexibility index (Phi) is 12.5. The van der Waals surface area contributed by atoms with Crippen molar-refractivity contribution >= 4 is 16.9 Å². The van der Waals surface area contributed by atoms with Gasteiger partial charge in [0, 0.05) is 30.5 Å². The van der Waals surface area contributed by atoms with Crippen LogP contribution in [0, 0.1) is 6.92 Å². The molecule has 1 atom stereocenters. The number of nitrogens with one attached hydrogen (secondary N) is 2. The summed E-state index contributed by atoms with van der Waals surface area (Å²) in [4.78, 5) is 29.1. The minimum atomic E-state index is -4.46. The van der Waals surface area contributed by atoms with Gasteiger partial charge in [-0.3, -0.25) is 4.79 Å². The molecule has 1 amide bonds. The summed E-state index contributed by atoms with van der Waals surface area (Å²) in [6.45, 7) is 7.50. The summed E-state index contributed by atoms with van der Waals surface area (Å²) in [5.74, 6) is 0.288. The van der Waals surface area contributed by atoms with Gasteiger partial charge < -0.3 is 19.6 Å². The van der Waals surface area contributed by atoms with Crippen LogP contribution in [0.3, 0.4) is 0 Å². The number of halogens is 3. The fourth-order valence-electron chi connectivity index (χ4n) is 5.23. The predicted molar refractivity (Wildman–Crippen MR) is 166 cm³/mol. The Morgan fingerprint density at radius 1 is 1.00 bits per heavy atom. The molecule has 0 fully saturated rings. The van der Waals surface area contributed by atoms with Crippen LogP contribution in [0.4, 0.5) is 13.2 Å². The van der Waals surface area contributed by atoms with Gasteiger partial charge in [-0.15, -0.1) is 0 Å². The van der Waals surface area contributed by atoms with E-state index in [4.69, 9.17) is 9.26 Å². The Labute approximate surface area is 261 Å². The lowest BCUT2D eigenvalue weighted by Crippen LogP contribution is -2.28. The number of benzene rings is 1. The summed E-state index contributed by atoms with van der Waals surface area (Å²) in [7, 11) is 0. The number of aryl methyl sites for hydroxylation is 1. The lowest BCUT2D eigenvalue weighted by Gasteiger charge is -2.14. The second-order valence-electron chi connectivity index (χ2n) is 11.5. The second kappa shape index (κ2) is 16.5. The normalized spacial score (nSPS) is 12.6. The highest BCUT2D eigenvalue weighted by Crippen LogP contribution is 2.32. The number of hydrogen-bond acceptors (Lipinski definition) is 7. The molecule has 45 heavy (non-hydrogen) atoms. The quantitative estimate of drug-likeness (QED) is 0.106. The molecule has 4 aromatic rings. The third-order valence-electron chi connectivity index (χ3n) is 7.79. The molecule has 244 valence electrons. The smallest absolute Gasteiger partial charge is 0.381 e. The maximum atomic E-state index is 13.3. The van der Waals surface area contributed by atoms with Crippen LogP contribution < -0.4 is 5.32 Å². The molecule has 0 unspecified atom stereocenters. The number of carbonyl (C=O) groups is 1. The molecule has 12 heteroatoms. The number of unbranched alkanes of at least 4 members (excludes halogenated alkanes) is 8.